The zero-order valence-electron chi connectivity index (χ0n) is 75.8. The number of carbonyl (C=O) groups is 13. The number of rotatable bonds is 40. The fourth-order valence-corrected chi connectivity index (χ4v) is 21.7. The van der Waals surface area contributed by atoms with E-state index < -0.39 is 172 Å². The lowest BCUT2D eigenvalue weighted by Crippen LogP contribution is -2.82. The highest BCUT2D eigenvalue weighted by atomic mass is 33.1. The first-order valence-corrected chi connectivity index (χ1v) is 46.5. The molecule has 45 nitrogen and oxygen atoms in total. The van der Waals surface area contributed by atoms with E-state index in [9.17, 15) is 88.2 Å². The maximum absolute atomic E-state index is 15.6. The van der Waals surface area contributed by atoms with E-state index in [1.165, 1.54) is 34.4 Å². The summed E-state index contributed by atoms with van der Waals surface area (Å²) in [5, 5.41) is 95.4. The molecule has 1 spiro atoms. The normalized spacial score (nSPS) is 23.6. The van der Waals surface area contributed by atoms with Gasteiger partial charge in [0.2, 0.25) is 29.6 Å². The number of fused-ring (bicyclic) bond motifs is 7. The molecule has 1 aliphatic carbocycles. The van der Waals surface area contributed by atoms with Gasteiger partial charge in [0.05, 0.1) is 75.6 Å². The SMILES string of the molecule is CC(=O)[C@H](CC(=O)O)NC(=O)CC[C@@H](C)NC(=O)c1ccc(NCc2cnc3nc(N)[nH]c(=O)c3n2)cc1.CC[C@]1(O)C[C@H]2CN(CCc3c([nH]c4ccccc34)[C@@](C(=O)OC)(c3cc4c(cc3OC)N(C)[C@H]3[C@@](O)(C(=O)NNC(=O)OCCSSC[C@@H](NC(=O)[C@H](CC(=O)O)NC(=O)[C@H](CC(=O)O)NC(=O)[C@H](CCCN=C(N)N)NC)C(=O)O)[C@H](O)[C@]5(CC)C=CCN6CC[C@]43[C@@H]65)C2)C1. The molecule has 24 N–H and O–H groups in total. The van der Waals surface area contributed by atoms with Crippen LogP contribution >= 0.6 is 21.6 Å². The molecule has 1 saturated carbocycles. The highest BCUT2D eigenvalue weighted by Crippen LogP contribution is 2.68. The molecule has 6 aliphatic rings. The number of ketones is 1. The summed E-state index contributed by atoms with van der Waals surface area (Å²) < 4.78 is 17.7. The number of methoxy groups -OCH3 is 2. The minimum Gasteiger partial charge on any atom is -0.496 e. The van der Waals surface area contributed by atoms with E-state index in [0.29, 0.717) is 116 Å². The number of H-pyrrole nitrogens is 2. The summed E-state index contributed by atoms with van der Waals surface area (Å²) in [5.74, 6) is -12.5. The van der Waals surface area contributed by atoms with E-state index >= 15 is 9.59 Å². The molecule has 3 fully saturated rings. The number of nitrogens with two attached hydrogens (primary N) is 3. The Morgan fingerprint density at radius 1 is 0.770 bits per heavy atom. The molecule has 1 unspecified atom stereocenters. The molecule has 6 aromatic rings. The van der Waals surface area contributed by atoms with Gasteiger partial charge in [-0.3, -0.25) is 82.7 Å². The molecular formula is C88H117N21O24S2. The van der Waals surface area contributed by atoms with Crippen LogP contribution in [0.15, 0.2) is 88.8 Å². The number of carboxylic acids is 4. The number of hydrazine groups is 1. The summed E-state index contributed by atoms with van der Waals surface area (Å²) in [6.45, 7) is 9.62. The number of carboxylic acid groups (broad SMARTS) is 4. The third-order valence-electron chi connectivity index (χ3n) is 25.9. The number of anilines is 3. The number of nitrogens with zero attached hydrogens (tertiary/aromatic N) is 7. The van der Waals surface area contributed by atoms with Crippen LogP contribution in [0.3, 0.4) is 0 Å². The number of hydrogen-bond acceptors (Lipinski definition) is 32. The van der Waals surface area contributed by atoms with Crippen LogP contribution in [0.4, 0.5) is 22.1 Å². The van der Waals surface area contributed by atoms with Crippen LogP contribution in [-0.2, 0) is 86.0 Å². The highest BCUT2D eigenvalue weighted by molar-refractivity contribution is 8.76. The van der Waals surface area contributed by atoms with Crippen molar-refractivity contribution >= 4 is 144 Å². The first-order valence-electron chi connectivity index (χ1n) is 44.0. The molecule has 47 heteroatoms. The zero-order valence-corrected chi connectivity index (χ0v) is 77.4. The summed E-state index contributed by atoms with van der Waals surface area (Å²) in [4.78, 5) is 208. The Hall–Kier alpha value is -12.8. The first kappa shape index (κ1) is 103. The number of nitrogen functional groups attached to an aromatic ring is 1. The summed E-state index contributed by atoms with van der Waals surface area (Å²) in [6.07, 6.45) is 2.92. The third-order valence-corrected chi connectivity index (χ3v) is 28.3. The van der Waals surface area contributed by atoms with Crippen molar-refractivity contribution in [3.63, 3.8) is 0 Å². The Balaban J connectivity index is 0.000000384. The van der Waals surface area contributed by atoms with Gasteiger partial charge in [-0.2, -0.15) is 4.98 Å². The van der Waals surface area contributed by atoms with Crippen LogP contribution in [-0.4, -0.2) is 305 Å². The average Bonchev–Trinajstić information content (AvgIpc) is 1.48. The van der Waals surface area contributed by atoms with Crippen molar-refractivity contribution in [1.82, 2.24) is 77.5 Å². The quantitative estimate of drug-likeness (QED) is 0.00453. The number of nitrogens with one attached hydrogen (secondary N) is 11. The van der Waals surface area contributed by atoms with E-state index in [0.717, 1.165) is 38.1 Å². The minimum absolute atomic E-state index is 0.00921. The largest absolute Gasteiger partial charge is 0.496 e. The molecule has 5 aliphatic heterocycles. The highest BCUT2D eigenvalue weighted by Gasteiger charge is 2.79. The molecule has 0 radical (unpaired) electrons. The van der Waals surface area contributed by atoms with E-state index in [4.69, 9.17) is 36.5 Å². The van der Waals surface area contributed by atoms with Crippen molar-refractivity contribution in [3.05, 3.63) is 123 Å². The van der Waals surface area contributed by atoms with E-state index in [-0.39, 0.29) is 97.8 Å². The topological polar surface area (TPSA) is 687 Å². The number of Topliss-reactive ketones (excluding diaryl/α,β-unsaturated/α-hetero) is 1. The number of aromatic nitrogens is 5. The summed E-state index contributed by atoms with van der Waals surface area (Å²) >= 11 is 0. The fraction of sp³-hybridized carbons (Fsp3) is 0.523. The number of aliphatic hydroxyl groups excluding tert-OH is 1. The number of guanidine groups is 1. The maximum atomic E-state index is 15.6. The Kier molecular flexibility index (Phi) is 33.6. The molecule has 16 atom stereocenters. The van der Waals surface area contributed by atoms with E-state index in [1.807, 2.05) is 62.4 Å². The van der Waals surface area contributed by atoms with Gasteiger partial charge >= 0.3 is 35.9 Å². The number of aliphatic hydroxyl groups is 3. The number of esters is 1. The number of likely N-dealkylation sites (N-methyl/N-ethyl adjacent to an activating group) is 2. The minimum atomic E-state index is -2.69. The standard InChI is InChI=1S/C64H89N13O18S2.C24H28N8O6/c1-7-60(91)29-34-30-63(57(89)94-6,48-36(16-21-76(31-34)33-60)35-13-9-10-14-39(35)69-48)38-25-37-44(28-45(38)93-5)75(4)54-62(37)18-22-77-20-12-17-61(8-2,53(62)77)55(87)64(54,92)56(88)73-74-59(90)95-23-24-96-97-32-43(52(85)86)72-51(84)42(27-47(80)81)71-50(83)41(26-46(78)79)70-49(82)40(67-3)15-11-19-68-58(65)66;1-12(3-8-18(34)30-17(13(2)33)9-19(35)36)28-22(37)14-4-6-15(7-5-14)26-10-16-11-27-21-20(29-16)23(38)32-24(25)31-21/h9-10,12-14,17,25,28,34,40-43,53-55,67,69,87,91-92H,7-8,11,15-16,18-24,26-27,29-33H2,1-6H3,(H,70,82)(H,71,83)(H,72,84)(H,73,88)(H,74,90)(H,78,79)(H,80,81)(H,85,86)(H4,65,66,68);4-7,11-12,17,26H,3,8-10H2,1-2H3,(H,28,37)(H,30,34)(H,35,36)(H3,25,27,31,32,38)/t34-,40+,41+,42+,43-,53+,54-,55-,60+,61-,62-,63+,64+;12-,17+/m11/s1. The number of aromatic amines is 2. The van der Waals surface area contributed by atoms with Gasteiger partial charge in [0.1, 0.15) is 42.0 Å². The van der Waals surface area contributed by atoms with Crippen LogP contribution in [0, 0.1) is 11.3 Å². The Bertz CT molecular complexity index is 5590. The van der Waals surface area contributed by atoms with Crippen LogP contribution < -0.4 is 80.5 Å². The molecule has 2 bridgehead atoms. The molecule has 135 heavy (non-hydrogen) atoms. The molecule has 7 amide bonds. The molecule has 8 heterocycles. The number of hydrogen-bond donors (Lipinski definition) is 21. The number of amides is 7. The lowest BCUT2D eigenvalue weighted by Gasteiger charge is -2.63. The molecule has 730 valence electrons. The van der Waals surface area contributed by atoms with Crippen molar-refractivity contribution in [3.8, 4) is 5.75 Å². The van der Waals surface area contributed by atoms with Crippen molar-refractivity contribution in [2.24, 2.45) is 27.8 Å². The number of aliphatic carboxylic acids is 4. The summed E-state index contributed by atoms with van der Waals surface area (Å²) in [5.41, 5.74) is 18.6. The lowest BCUT2D eigenvalue weighted by molar-refractivity contribution is -0.204. The van der Waals surface area contributed by atoms with Crippen molar-refractivity contribution in [1.29, 1.82) is 0 Å². The first-order chi connectivity index (χ1) is 64.1. The number of carbonyl (C=O) groups excluding carboxylic acids is 9. The van der Waals surface area contributed by atoms with Gasteiger partial charge in [-0.1, -0.05) is 65.8 Å². The van der Waals surface area contributed by atoms with Gasteiger partial charge in [-0.25, -0.2) is 25.0 Å². The van der Waals surface area contributed by atoms with Gasteiger partial charge in [0.15, 0.2) is 28.5 Å². The summed E-state index contributed by atoms with van der Waals surface area (Å²) in [6, 6.07) is 8.87. The van der Waals surface area contributed by atoms with Gasteiger partial charge in [-0.05, 0) is 139 Å². The Morgan fingerprint density at radius 2 is 1.44 bits per heavy atom. The maximum Gasteiger partial charge on any atom is 0.426 e. The van der Waals surface area contributed by atoms with Crippen LogP contribution in [0.5, 0.6) is 5.75 Å². The van der Waals surface area contributed by atoms with Gasteiger partial charge < -0.3 is 114 Å². The smallest absolute Gasteiger partial charge is 0.426 e. The van der Waals surface area contributed by atoms with Crippen LogP contribution in [0.2, 0.25) is 0 Å². The third kappa shape index (κ3) is 22.7. The second-order valence-electron chi connectivity index (χ2n) is 34.6. The van der Waals surface area contributed by atoms with Gasteiger partial charge in [0.25, 0.3) is 17.4 Å². The molecule has 2 saturated heterocycles. The van der Waals surface area contributed by atoms with Crippen molar-refractivity contribution in [2.45, 2.75) is 194 Å². The molecular weight excluding hydrogens is 1800 g/mol. The molecule has 3 aromatic heterocycles. The number of benzene rings is 3. The zero-order chi connectivity index (χ0) is 98.3. The number of aliphatic imine (C=N–C) groups is 1. The fourth-order valence-electron chi connectivity index (χ4n) is 19.7. The monoisotopic (exact) mass is 1920 g/mol. The molecule has 3 aromatic carbocycles. The Labute approximate surface area is 782 Å². The lowest BCUT2D eigenvalue weighted by atomic mass is 9.47. The van der Waals surface area contributed by atoms with Crippen molar-refractivity contribution in [2.75, 3.05) is 102 Å². The van der Waals surface area contributed by atoms with E-state index in [1.54, 1.807) is 43.1 Å². The average molecular weight is 1920 g/mol. The Morgan fingerprint density at radius 3 is 2.08 bits per heavy atom. The van der Waals surface area contributed by atoms with E-state index in [2.05, 4.69) is 87.8 Å². The second kappa shape index (κ2) is 44.1. The number of para-hydroxylation sites is 1. The summed E-state index contributed by atoms with van der Waals surface area (Å²) in [7, 11) is 7.96. The van der Waals surface area contributed by atoms with Gasteiger partial charge in [0, 0.05) is 126 Å². The number of ether oxygens (including phenoxy) is 3. The van der Waals surface area contributed by atoms with Crippen LogP contribution in [0.1, 0.15) is 143 Å². The second-order valence-corrected chi connectivity index (χ2v) is 37.2. The predicted octanol–water partition coefficient (Wildman–Crippen LogP) is -0.130. The van der Waals surface area contributed by atoms with Crippen molar-refractivity contribution < 1.29 is 112 Å². The van der Waals surface area contributed by atoms with Gasteiger partial charge in [-0.15, -0.1) is 0 Å². The van der Waals surface area contributed by atoms with Crippen LogP contribution in [0.25, 0.3) is 22.1 Å². The predicted molar refractivity (Wildman–Crippen MR) is 494 cm³/mol. The molecule has 12 rings (SSSR count). The number of piperidine rings is 1.